The van der Waals surface area contributed by atoms with Gasteiger partial charge in [0, 0.05) is 12.3 Å². The van der Waals surface area contributed by atoms with Crippen molar-refractivity contribution in [2.24, 2.45) is 5.41 Å². The summed E-state index contributed by atoms with van der Waals surface area (Å²) in [6.45, 7) is 2.17. The number of aromatic amines is 1. The van der Waals surface area contributed by atoms with Crippen molar-refractivity contribution in [3.63, 3.8) is 0 Å². The van der Waals surface area contributed by atoms with E-state index in [-0.39, 0.29) is 11.9 Å². The van der Waals surface area contributed by atoms with Crippen LogP contribution in [0.2, 0.25) is 0 Å². The van der Waals surface area contributed by atoms with Crippen molar-refractivity contribution < 1.29 is 37.4 Å². The number of H-pyrrole nitrogens is 1. The van der Waals surface area contributed by atoms with Crippen molar-refractivity contribution >= 4 is 13.7 Å². The molecular formula is C26H32FN4O9P. The summed E-state index contributed by atoms with van der Waals surface area (Å²) < 4.78 is 50.7. The molecule has 0 amide bonds. The zero-order chi connectivity index (χ0) is 29.8. The molecule has 2 aliphatic rings. The first-order chi connectivity index (χ1) is 19.4. The van der Waals surface area contributed by atoms with Crippen LogP contribution < -0.4 is 20.9 Å². The lowest BCUT2D eigenvalue weighted by molar-refractivity contribution is -0.152. The fourth-order valence-electron chi connectivity index (χ4n) is 4.77. The molecule has 41 heavy (non-hydrogen) atoms. The van der Waals surface area contributed by atoms with Crippen molar-refractivity contribution in [1.82, 2.24) is 14.6 Å². The van der Waals surface area contributed by atoms with Crippen LogP contribution in [0.4, 0.5) is 4.39 Å². The molecule has 13 nitrogen and oxygen atoms in total. The van der Waals surface area contributed by atoms with E-state index in [4.69, 9.17) is 18.5 Å². The number of aliphatic hydroxyl groups is 1. The van der Waals surface area contributed by atoms with Gasteiger partial charge in [0.2, 0.25) is 0 Å². The topological polar surface area (TPSA) is 182 Å². The third-order valence-electron chi connectivity index (χ3n) is 7.12. The number of esters is 1. The van der Waals surface area contributed by atoms with Gasteiger partial charge >= 0.3 is 19.4 Å². The molecule has 1 aromatic heterocycles. The van der Waals surface area contributed by atoms with Gasteiger partial charge in [-0.25, -0.2) is 13.8 Å². The Kier molecular flexibility index (Phi) is 9.46. The van der Waals surface area contributed by atoms with Gasteiger partial charge < -0.3 is 19.1 Å². The summed E-state index contributed by atoms with van der Waals surface area (Å²) >= 11 is 0. The molecule has 0 bridgehead atoms. The van der Waals surface area contributed by atoms with Crippen molar-refractivity contribution in [3.05, 3.63) is 63.2 Å². The highest BCUT2D eigenvalue weighted by Gasteiger charge is 2.55. The molecule has 1 saturated carbocycles. The molecule has 6 atom stereocenters. The Labute approximate surface area is 234 Å². The molecular weight excluding hydrogens is 562 g/mol. The van der Waals surface area contributed by atoms with Crippen LogP contribution in [0.1, 0.15) is 52.2 Å². The Morgan fingerprint density at radius 2 is 1.98 bits per heavy atom. The summed E-state index contributed by atoms with van der Waals surface area (Å²) in [5.74, 6) is -1.27. The van der Waals surface area contributed by atoms with E-state index >= 15 is 0 Å². The Morgan fingerprint density at radius 3 is 2.61 bits per heavy atom. The molecule has 2 fully saturated rings. The van der Waals surface area contributed by atoms with E-state index in [9.17, 15) is 33.7 Å². The first-order valence-corrected chi connectivity index (χ1v) is 14.7. The van der Waals surface area contributed by atoms with Gasteiger partial charge in [0.25, 0.3) is 5.56 Å². The van der Waals surface area contributed by atoms with Crippen molar-refractivity contribution in [2.45, 2.75) is 76.5 Å². The van der Waals surface area contributed by atoms with Gasteiger partial charge in [-0.1, -0.05) is 6.42 Å². The minimum atomic E-state index is -4.42. The summed E-state index contributed by atoms with van der Waals surface area (Å²) in [6, 6.07) is 6.44. The molecule has 15 heteroatoms. The van der Waals surface area contributed by atoms with Gasteiger partial charge in [-0.3, -0.25) is 23.7 Å². The number of hydrogen-bond acceptors (Lipinski definition) is 10. The van der Waals surface area contributed by atoms with Gasteiger partial charge in [0.05, 0.1) is 12.7 Å². The van der Waals surface area contributed by atoms with E-state index in [1.54, 1.807) is 0 Å². The number of rotatable bonds is 10. The summed E-state index contributed by atoms with van der Waals surface area (Å²) in [4.78, 5) is 38.7. The molecule has 2 aromatic rings. The standard InChI is InChI=1S/C26H32FN4O9P/c1-16(23(34)38-18-6-4-3-5-7-18)30-41(36,40-19-10-8-17(27)9-11-19)37-14-20-22(33)26(2,15-28)24(39-20)31-13-12-21(32)29-25(31)35/h8-13,16,18,20,22,24,33H,3-7,14H2,1-2H3,(H,30,36)(H,29,32,35)/t16-,20+,22+,24+,26+,41?/m0/s1. The van der Waals surface area contributed by atoms with Gasteiger partial charge in [-0.2, -0.15) is 10.3 Å². The normalized spacial score (nSPS) is 27.0. The minimum absolute atomic E-state index is 0.0394. The first kappa shape index (κ1) is 30.6. The number of carbonyl (C=O) groups excluding carboxylic acids is 1. The summed E-state index contributed by atoms with van der Waals surface area (Å²) in [5, 5.41) is 23.4. The average molecular weight is 595 g/mol. The van der Waals surface area contributed by atoms with Crippen LogP contribution in [-0.4, -0.2) is 51.6 Å². The van der Waals surface area contributed by atoms with Crippen LogP contribution in [-0.2, 0) is 23.4 Å². The van der Waals surface area contributed by atoms with E-state index in [1.165, 1.54) is 26.0 Å². The van der Waals surface area contributed by atoms with E-state index in [0.717, 1.165) is 61.1 Å². The smallest absolute Gasteiger partial charge is 0.459 e. The average Bonchev–Trinajstić information content (AvgIpc) is 3.19. The Morgan fingerprint density at radius 1 is 1.29 bits per heavy atom. The molecule has 2 heterocycles. The second-order valence-electron chi connectivity index (χ2n) is 10.3. The van der Waals surface area contributed by atoms with Crippen LogP contribution in [0.5, 0.6) is 5.75 Å². The maximum atomic E-state index is 13.9. The predicted octanol–water partition coefficient (Wildman–Crippen LogP) is 2.52. The zero-order valence-corrected chi connectivity index (χ0v) is 23.4. The van der Waals surface area contributed by atoms with Crippen LogP contribution in [0.15, 0.2) is 46.1 Å². The van der Waals surface area contributed by atoms with E-state index in [0.29, 0.717) is 0 Å². The van der Waals surface area contributed by atoms with Crippen molar-refractivity contribution in [3.8, 4) is 11.8 Å². The number of aliphatic hydroxyl groups excluding tert-OH is 1. The lowest BCUT2D eigenvalue weighted by atomic mass is 9.84. The number of nitriles is 1. The number of aromatic nitrogens is 2. The third-order valence-corrected chi connectivity index (χ3v) is 8.76. The van der Waals surface area contributed by atoms with Crippen LogP contribution in [0.3, 0.4) is 0 Å². The van der Waals surface area contributed by atoms with Gasteiger partial charge in [0.1, 0.15) is 41.3 Å². The molecule has 1 aliphatic carbocycles. The van der Waals surface area contributed by atoms with Gasteiger partial charge in [-0.05, 0) is 63.8 Å². The lowest BCUT2D eigenvalue weighted by Gasteiger charge is -2.27. The first-order valence-electron chi connectivity index (χ1n) is 13.2. The van der Waals surface area contributed by atoms with Crippen LogP contribution in [0, 0.1) is 22.6 Å². The van der Waals surface area contributed by atoms with E-state index < -0.39 is 67.3 Å². The number of halogens is 1. The minimum Gasteiger partial charge on any atom is -0.461 e. The molecule has 1 aromatic carbocycles. The fraction of sp³-hybridized carbons (Fsp3) is 0.538. The maximum absolute atomic E-state index is 13.9. The highest BCUT2D eigenvalue weighted by Crippen LogP contribution is 2.48. The monoisotopic (exact) mass is 594 g/mol. The van der Waals surface area contributed by atoms with Gasteiger partial charge in [-0.15, -0.1) is 0 Å². The largest absolute Gasteiger partial charge is 0.461 e. The van der Waals surface area contributed by atoms with Gasteiger partial charge in [0.15, 0.2) is 6.23 Å². The second-order valence-corrected chi connectivity index (χ2v) is 12.0. The summed E-state index contributed by atoms with van der Waals surface area (Å²) in [5.41, 5.74) is -3.21. The molecule has 1 saturated heterocycles. The van der Waals surface area contributed by atoms with E-state index in [2.05, 4.69) is 10.1 Å². The van der Waals surface area contributed by atoms with Crippen LogP contribution in [0.25, 0.3) is 0 Å². The molecule has 1 unspecified atom stereocenters. The molecule has 1 aliphatic heterocycles. The quantitative estimate of drug-likeness (QED) is 0.272. The number of nitrogens with one attached hydrogen (secondary N) is 2. The highest BCUT2D eigenvalue weighted by molar-refractivity contribution is 7.52. The van der Waals surface area contributed by atoms with Crippen LogP contribution >= 0.6 is 7.75 Å². The Balaban J connectivity index is 1.52. The number of nitrogens with zero attached hydrogens (tertiary/aromatic N) is 2. The molecule has 4 rings (SSSR count). The molecule has 0 radical (unpaired) electrons. The molecule has 3 N–H and O–H groups in total. The number of ether oxygens (including phenoxy) is 2. The van der Waals surface area contributed by atoms with E-state index in [1.807, 2.05) is 6.07 Å². The predicted molar refractivity (Wildman–Crippen MR) is 141 cm³/mol. The number of carbonyl (C=O) groups is 1. The third kappa shape index (κ3) is 7.12. The molecule has 0 spiro atoms. The number of hydrogen-bond donors (Lipinski definition) is 3. The Bertz CT molecular complexity index is 1440. The van der Waals surface area contributed by atoms with Crippen molar-refractivity contribution in [2.75, 3.05) is 6.61 Å². The second kappa shape index (κ2) is 12.7. The summed E-state index contributed by atoms with van der Waals surface area (Å²) in [6.07, 6.45) is 1.10. The molecule has 222 valence electrons. The lowest BCUT2D eigenvalue weighted by Crippen LogP contribution is -2.41. The number of benzene rings is 1. The van der Waals surface area contributed by atoms with Crippen molar-refractivity contribution in [1.29, 1.82) is 5.26 Å². The summed E-state index contributed by atoms with van der Waals surface area (Å²) in [7, 11) is -4.42. The maximum Gasteiger partial charge on any atom is 0.459 e. The zero-order valence-electron chi connectivity index (χ0n) is 22.5. The highest BCUT2D eigenvalue weighted by atomic mass is 31.2. The Hall–Kier alpha value is -3.34. The fourth-order valence-corrected chi connectivity index (χ4v) is 6.27. The SMILES string of the molecule is C[C@H](NP(=O)(OC[C@H]1O[C@@H](n2ccc(=O)[nH]c2=O)[C@](C)(C#N)[C@@H]1O)Oc1ccc(F)cc1)C(=O)OC1CCCCC1.